The Kier molecular flexibility index (Phi) is 3.12. The fraction of sp³-hybridized carbons (Fsp3) is 0.250. The van der Waals surface area contributed by atoms with Crippen molar-refractivity contribution < 1.29 is 4.74 Å². The van der Waals surface area contributed by atoms with Gasteiger partial charge in [0.05, 0.1) is 17.8 Å². The maximum atomic E-state index is 5.92. The molecule has 5 nitrogen and oxygen atoms in total. The average Bonchev–Trinajstić information content (AvgIpc) is 2.94. The molecule has 0 N–H and O–H groups in total. The van der Waals surface area contributed by atoms with E-state index in [0.29, 0.717) is 11.6 Å². The Morgan fingerprint density at radius 1 is 1.42 bits per heavy atom. The van der Waals surface area contributed by atoms with E-state index >= 15 is 0 Å². The van der Waals surface area contributed by atoms with E-state index in [1.807, 2.05) is 26.1 Å². The Balaban J connectivity index is 2.03. The van der Waals surface area contributed by atoms with E-state index in [-0.39, 0.29) is 5.28 Å². The molecule has 0 aliphatic rings. The topological polar surface area (TPSA) is 52.8 Å². The molecule has 0 spiro atoms. The first-order valence-corrected chi connectivity index (χ1v) is 6.99. The van der Waals surface area contributed by atoms with Crippen LogP contribution in [0.25, 0.3) is 10.2 Å². The third kappa shape index (κ3) is 2.41. The van der Waals surface area contributed by atoms with Crippen molar-refractivity contribution in [2.24, 2.45) is 0 Å². The predicted molar refractivity (Wildman–Crippen MR) is 75.1 cm³/mol. The summed E-state index contributed by atoms with van der Waals surface area (Å²) in [4.78, 5) is 10.3. The summed E-state index contributed by atoms with van der Waals surface area (Å²) in [5.41, 5.74) is 0. The molecule has 0 fully saturated rings. The first kappa shape index (κ1) is 12.4. The fourth-order valence-electron chi connectivity index (χ4n) is 1.75. The van der Waals surface area contributed by atoms with Gasteiger partial charge in [0, 0.05) is 11.4 Å². The number of hydrogen-bond acceptors (Lipinski definition) is 5. The van der Waals surface area contributed by atoms with Crippen molar-refractivity contribution in [3.8, 4) is 11.6 Å². The van der Waals surface area contributed by atoms with Gasteiger partial charge in [-0.3, -0.25) is 4.68 Å². The van der Waals surface area contributed by atoms with Crippen molar-refractivity contribution >= 4 is 33.2 Å². The molecular formula is C12H11ClN4OS. The second kappa shape index (κ2) is 4.79. The summed E-state index contributed by atoms with van der Waals surface area (Å²) in [6, 6.07) is 2.00. The minimum absolute atomic E-state index is 0.187. The lowest BCUT2D eigenvalue weighted by molar-refractivity contribution is 0.467. The van der Waals surface area contributed by atoms with E-state index in [9.17, 15) is 0 Å². The summed E-state index contributed by atoms with van der Waals surface area (Å²) >= 11 is 7.48. The van der Waals surface area contributed by atoms with Crippen LogP contribution in [0.5, 0.6) is 11.6 Å². The van der Waals surface area contributed by atoms with Gasteiger partial charge in [0.25, 0.3) is 0 Å². The van der Waals surface area contributed by atoms with Gasteiger partial charge < -0.3 is 4.74 Å². The standard InChI is InChI=1S/C12H11ClN4OS/c1-3-17-6-8(5-14-17)18-10-9-4-7(2)19-11(9)16-12(13)15-10/h4-6H,3H2,1-2H3. The number of hydrogen-bond donors (Lipinski definition) is 0. The van der Waals surface area contributed by atoms with Gasteiger partial charge in [-0.1, -0.05) is 0 Å². The SMILES string of the molecule is CCn1cc(Oc2nc(Cl)nc3sc(C)cc23)cn1. The minimum atomic E-state index is 0.187. The summed E-state index contributed by atoms with van der Waals surface area (Å²) in [7, 11) is 0. The van der Waals surface area contributed by atoms with E-state index in [1.54, 1.807) is 22.2 Å². The van der Waals surface area contributed by atoms with Crippen LogP contribution in [0.15, 0.2) is 18.5 Å². The summed E-state index contributed by atoms with van der Waals surface area (Å²) in [6.07, 6.45) is 3.48. The van der Waals surface area contributed by atoms with Crippen molar-refractivity contribution in [3.63, 3.8) is 0 Å². The van der Waals surface area contributed by atoms with E-state index in [0.717, 1.165) is 21.6 Å². The molecule has 3 rings (SSSR count). The molecule has 19 heavy (non-hydrogen) atoms. The molecule has 3 aromatic heterocycles. The van der Waals surface area contributed by atoms with Crippen molar-refractivity contribution in [1.29, 1.82) is 0 Å². The number of thiophene rings is 1. The van der Waals surface area contributed by atoms with Gasteiger partial charge in [-0.25, -0.2) is 4.98 Å². The molecule has 98 valence electrons. The van der Waals surface area contributed by atoms with E-state index in [2.05, 4.69) is 15.1 Å². The zero-order valence-corrected chi connectivity index (χ0v) is 12.0. The van der Waals surface area contributed by atoms with Gasteiger partial charge in [-0.15, -0.1) is 11.3 Å². The average molecular weight is 295 g/mol. The summed E-state index contributed by atoms with van der Waals surface area (Å²) in [5, 5.41) is 5.22. The van der Waals surface area contributed by atoms with Gasteiger partial charge in [-0.05, 0) is 31.5 Å². The molecule has 0 radical (unpaired) electrons. The molecular weight excluding hydrogens is 284 g/mol. The molecule has 0 atom stereocenters. The molecule has 0 saturated carbocycles. The Morgan fingerprint density at radius 2 is 2.26 bits per heavy atom. The molecule has 0 unspecified atom stereocenters. The zero-order valence-electron chi connectivity index (χ0n) is 10.4. The van der Waals surface area contributed by atoms with Gasteiger partial charge >= 0.3 is 0 Å². The van der Waals surface area contributed by atoms with Gasteiger partial charge in [0.1, 0.15) is 4.83 Å². The number of aromatic nitrogens is 4. The Morgan fingerprint density at radius 3 is 3.00 bits per heavy atom. The lowest BCUT2D eigenvalue weighted by atomic mass is 10.3. The van der Waals surface area contributed by atoms with Gasteiger partial charge in [0.2, 0.25) is 11.2 Å². The number of ether oxygens (including phenoxy) is 1. The molecule has 0 bridgehead atoms. The quantitative estimate of drug-likeness (QED) is 0.692. The minimum Gasteiger partial charge on any atom is -0.435 e. The largest absolute Gasteiger partial charge is 0.435 e. The van der Waals surface area contributed by atoms with Crippen molar-refractivity contribution in [1.82, 2.24) is 19.7 Å². The van der Waals surface area contributed by atoms with Crippen molar-refractivity contribution in [2.75, 3.05) is 0 Å². The van der Waals surface area contributed by atoms with Crippen LogP contribution in [-0.4, -0.2) is 19.7 Å². The van der Waals surface area contributed by atoms with Crippen LogP contribution < -0.4 is 4.74 Å². The summed E-state index contributed by atoms with van der Waals surface area (Å²) < 4.78 is 7.54. The molecule has 0 amide bonds. The van der Waals surface area contributed by atoms with E-state index in [4.69, 9.17) is 16.3 Å². The highest BCUT2D eigenvalue weighted by Gasteiger charge is 2.12. The maximum Gasteiger partial charge on any atom is 0.232 e. The normalized spacial score (nSPS) is 11.1. The lowest BCUT2D eigenvalue weighted by Crippen LogP contribution is -1.92. The number of rotatable bonds is 3. The van der Waals surface area contributed by atoms with Crippen LogP contribution in [0.3, 0.4) is 0 Å². The highest BCUT2D eigenvalue weighted by atomic mass is 35.5. The highest BCUT2D eigenvalue weighted by Crippen LogP contribution is 2.33. The smallest absolute Gasteiger partial charge is 0.232 e. The van der Waals surface area contributed by atoms with Crippen LogP contribution in [0, 0.1) is 6.92 Å². The first-order chi connectivity index (χ1) is 9.15. The van der Waals surface area contributed by atoms with Crippen molar-refractivity contribution in [2.45, 2.75) is 20.4 Å². The monoisotopic (exact) mass is 294 g/mol. The van der Waals surface area contributed by atoms with Crippen LogP contribution in [0.1, 0.15) is 11.8 Å². The van der Waals surface area contributed by atoms with Crippen molar-refractivity contribution in [3.05, 3.63) is 28.6 Å². The van der Waals surface area contributed by atoms with E-state index in [1.165, 1.54) is 0 Å². The molecule has 3 aromatic rings. The van der Waals surface area contributed by atoms with Gasteiger partial charge in [0.15, 0.2) is 5.75 Å². The number of fused-ring (bicyclic) bond motifs is 1. The highest BCUT2D eigenvalue weighted by molar-refractivity contribution is 7.18. The zero-order chi connectivity index (χ0) is 13.4. The molecule has 0 saturated heterocycles. The predicted octanol–water partition coefficient (Wildman–Crippen LogP) is 3.66. The second-order valence-corrected chi connectivity index (χ2v) is 5.58. The summed E-state index contributed by atoms with van der Waals surface area (Å²) in [5.74, 6) is 1.11. The third-order valence-electron chi connectivity index (χ3n) is 2.60. The fourth-order valence-corrected chi connectivity index (χ4v) is 2.83. The van der Waals surface area contributed by atoms with Crippen LogP contribution in [0.4, 0.5) is 0 Å². The number of aryl methyl sites for hydroxylation is 2. The Labute approximate surface area is 118 Å². The second-order valence-electron chi connectivity index (χ2n) is 4.01. The molecule has 7 heteroatoms. The third-order valence-corrected chi connectivity index (χ3v) is 3.72. The van der Waals surface area contributed by atoms with Crippen LogP contribution in [-0.2, 0) is 6.54 Å². The molecule has 0 aromatic carbocycles. The number of halogens is 1. The van der Waals surface area contributed by atoms with Crippen LogP contribution >= 0.6 is 22.9 Å². The molecule has 3 heterocycles. The maximum absolute atomic E-state index is 5.92. The van der Waals surface area contributed by atoms with E-state index < -0.39 is 0 Å². The molecule has 0 aliphatic carbocycles. The van der Waals surface area contributed by atoms with Gasteiger partial charge in [-0.2, -0.15) is 10.1 Å². The Hall–Kier alpha value is -1.66. The summed E-state index contributed by atoms with van der Waals surface area (Å²) in [6.45, 7) is 4.82. The lowest BCUT2D eigenvalue weighted by Gasteiger charge is -2.03. The van der Waals surface area contributed by atoms with Crippen LogP contribution in [0.2, 0.25) is 5.28 Å². The Bertz CT molecular complexity index is 736. The number of nitrogens with zero attached hydrogens (tertiary/aromatic N) is 4. The first-order valence-electron chi connectivity index (χ1n) is 5.79. The molecule has 0 aliphatic heterocycles.